The largest absolute Gasteiger partial charge is 0.481 e. The Morgan fingerprint density at radius 1 is 1.25 bits per heavy atom. The van der Waals surface area contributed by atoms with E-state index in [1.807, 2.05) is 0 Å². The summed E-state index contributed by atoms with van der Waals surface area (Å²) in [5.74, 6) is -4.14. The molecular weight excluding hydrogens is 220 g/mol. The first-order valence-corrected chi connectivity index (χ1v) is 4.51. The maximum absolute atomic E-state index is 10.8. The Hall–Kier alpha value is -1.67. The number of hydrogen-bond acceptors (Lipinski definition) is 5. The molecule has 2 unspecified atom stereocenters. The fraction of sp³-hybridized carbons (Fsp3) is 0.625. The predicted octanol–water partition coefficient (Wildman–Crippen LogP) is -1.99. The topological polar surface area (TPSA) is 141 Å². The highest BCUT2D eigenvalue weighted by atomic mass is 16.4. The van der Waals surface area contributed by atoms with Crippen molar-refractivity contribution in [2.45, 2.75) is 18.0 Å². The second-order valence-corrected chi connectivity index (χ2v) is 3.59. The SMILES string of the molecule is NCC(CC(=O)O)N1CC1(C(=O)O)C(=O)O. The molecule has 1 aliphatic heterocycles. The number of carboxylic acids is 3. The molecule has 8 nitrogen and oxygen atoms in total. The van der Waals surface area contributed by atoms with Gasteiger partial charge in [0, 0.05) is 19.1 Å². The predicted molar refractivity (Wildman–Crippen MR) is 49.8 cm³/mol. The molecule has 0 spiro atoms. The summed E-state index contributed by atoms with van der Waals surface area (Å²) in [4.78, 5) is 33.2. The highest BCUT2D eigenvalue weighted by Gasteiger charge is 2.67. The molecule has 1 rings (SSSR count). The van der Waals surface area contributed by atoms with Gasteiger partial charge in [-0.15, -0.1) is 0 Å². The van der Waals surface area contributed by atoms with E-state index in [1.54, 1.807) is 0 Å². The minimum absolute atomic E-state index is 0.103. The van der Waals surface area contributed by atoms with Gasteiger partial charge in [-0.1, -0.05) is 0 Å². The first-order valence-electron chi connectivity index (χ1n) is 4.51. The van der Waals surface area contributed by atoms with E-state index in [0.717, 1.165) is 4.90 Å². The lowest BCUT2D eigenvalue weighted by atomic mass is 10.1. The maximum Gasteiger partial charge on any atom is 0.337 e. The lowest BCUT2D eigenvalue weighted by Crippen LogP contribution is -2.43. The molecule has 1 saturated heterocycles. The van der Waals surface area contributed by atoms with Crippen LogP contribution in [-0.2, 0) is 14.4 Å². The number of aliphatic carboxylic acids is 3. The average molecular weight is 232 g/mol. The summed E-state index contributed by atoms with van der Waals surface area (Å²) < 4.78 is 0. The molecular formula is C8H12N2O6. The van der Waals surface area contributed by atoms with Crippen molar-refractivity contribution in [3.05, 3.63) is 0 Å². The molecule has 0 saturated carbocycles. The van der Waals surface area contributed by atoms with Crippen molar-refractivity contribution in [2.24, 2.45) is 5.73 Å². The van der Waals surface area contributed by atoms with Gasteiger partial charge < -0.3 is 21.1 Å². The zero-order valence-corrected chi connectivity index (χ0v) is 8.29. The molecule has 0 aromatic heterocycles. The summed E-state index contributed by atoms with van der Waals surface area (Å²) in [5, 5.41) is 26.2. The number of nitrogens with two attached hydrogens (primary N) is 1. The van der Waals surface area contributed by atoms with E-state index in [2.05, 4.69) is 0 Å². The normalized spacial score (nSPS) is 23.4. The molecule has 16 heavy (non-hydrogen) atoms. The van der Waals surface area contributed by atoms with Gasteiger partial charge in [0.25, 0.3) is 0 Å². The number of hydrogen-bond donors (Lipinski definition) is 4. The quantitative estimate of drug-likeness (QED) is 0.304. The van der Waals surface area contributed by atoms with Crippen molar-refractivity contribution < 1.29 is 29.7 Å². The van der Waals surface area contributed by atoms with Gasteiger partial charge in [-0.2, -0.15) is 0 Å². The molecule has 0 amide bonds. The van der Waals surface area contributed by atoms with Crippen LogP contribution in [0.3, 0.4) is 0 Å². The van der Waals surface area contributed by atoms with Gasteiger partial charge in [-0.25, -0.2) is 9.59 Å². The molecule has 90 valence electrons. The molecule has 0 aliphatic carbocycles. The van der Waals surface area contributed by atoms with Crippen LogP contribution in [0.25, 0.3) is 0 Å². The first-order chi connectivity index (χ1) is 7.36. The summed E-state index contributed by atoms with van der Waals surface area (Å²) in [6, 6.07) is -0.773. The van der Waals surface area contributed by atoms with Crippen molar-refractivity contribution in [1.82, 2.24) is 4.90 Å². The summed E-state index contributed by atoms with van der Waals surface area (Å²) in [6.45, 7) is -0.318. The third-order valence-corrected chi connectivity index (χ3v) is 2.62. The third kappa shape index (κ3) is 1.84. The summed E-state index contributed by atoms with van der Waals surface area (Å²) in [7, 11) is 0. The zero-order valence-electron chi connectivity index (χ0n) is 8.29. The summed E-state index contributed by atoms with van der Waals surface area (Å²) >= 11 is 0. The van der Waals surface area contributed by atoms with Crippen molar-refractivity contribution in [3.8, 4) is 0 Å². The van der Waals surface area contributed by atoms with Crippen LogP contribution in [0, 0.1) is 0 Å². The van der Waals surface area contributed by atoms with E-state index in [0.29, 0.717) is 0 Å². The number of nitrogens with zero attached hydrogens (tertiary/aromatic N) is 1. The van der Waals surface area contributed by atoms with Gasteiger partial charge in [-0.05, 0) is 0 Å². The minimum atomic E-state index is -2.00. The first kappa shape index (κ1) is 12.4. The van der Waals surface area contributed by atoms with Crippen LogP contribution in [0.15, 0.2) is 0 Å². The minimum Gasteiger partial charge on any atom is -0.481 e. The molecule has 1 fully saturated rings. The Bertz CT molecular complexity index is 327. The van der Waals surface area contributed by atoms with Crippen molar-refractivity contribution in [3.63, 3.8) is 0 Å². The van der Waals surface area contributed by atoms with E-state index < -0.39 is 29.5 Å². The molecule has 5 N–H and O–H groups in total. The van der Waals surface area contributed by atoms with Crippen LogP contribution in [-0.4, -0.2) is 62.8 Å². The van der Waals surface area contributed by atoms with Crippen LogP contribution in [0.4, 0.5) is 0 Å². The molecule has 0 aromatic carbocycles. The van der Waals surface area contributed by atoms with Gasteiger partial charge in [0.1, 0.15) is 0 Å². The monoisotopic (exact) mass is 232 g/mol. The second-order valence-electron chi connectivity index (χ2n) is 3.59. The van der Waals surface area contributed by atoms with Gasteiger partial charge >= 0.3 is 17.9 Å². The third-order valence-electron chi connectivity index (χ3n) is 2.62. The van der Waals surface area contributed by atoms with Crippen LogP contribution in [0.1, 0.15) is 6.42 Å². The van der Waals surface area contributed by atoms with Crippen molar-refractivity contribution in [2.75, 3.05) is 13.1 Å². The average Bonchev–Trinajstić information content (AvgIpc) is 2.89. The van der Waals surface area contributed by atoms with Crippen molar-refractivity contribution in [1.29, 1.82) is 0 Å². The Labute approximate surface area is 90.3 Å². The number of carboxylic acid groups (broad SMARTS) is 3. The molecule has 1 aliphatic rings. The second kappa shape index (κ2) is 4.06. The molecule has 0 aromatic rings. The van der Waals surface area contributed by atoms with E-state index >= 15 is 0 Å². The smallest absolute Gasteiger partial charge is 0.337 e. The molecule has 0 radical (unpaired) electrons. The van der Waals surface area contributed by atoms with Crippen LogP contribution in [0.2, 0.25) is 0 Å². The van der Waals surface area contributed by atoms with Gasteiger partial charge in [0.15, 0.2) is 0 Å². The fourth-order valence-corrected chi connectivity index (χ4v) is 1.65. The summed E-state index contributed by atoms with van der Waals surface area (Å²) in [6.07, 6.45) is -0.376. The lowest BCUT2D eigenvalue weighted by Gasteiger charge is -2.17. The van der Waals surface area contributed by atoms with Gasteiger partial charge in [-0.3, -0.25) is 9.69 Å². The number of rotatable bonds is 6. The van der Waals surface area contributed by atoms with Gasteiger partial charge in [0.05, 0.1) is 6.42 Å². The van der Waals surface area contributed by atoms with Gasteiger partial charge in [0.2, 0.25) is 5.54 Å². The Kier molecular flexibility index (Phi) is 3.15. The highest BCUT2D eigenvalue weighted by molar-refractivity contribution is 6.07. The van der Waals surface area contributed by atoms with E-state index in [1.165, 1.54) is 0 Å². The van der Waals surface area contributed by atoms with E-state index in [9.17, 15) is 14.4 Å². The zero-order chi connectivity index (χ0) is 12.5. The molecule has 0 bridgehead atoms. The Morgan fingerprint density at radius 3 is 2.00 bits per heavy atom. The number of carbonyl (C=O) groups is 3. The highest BCUT2D eigenvalue weighted by Crippen LogP contribution is 2.36. The lowest BCUT2D eigenvalue weighted by molar-refractivity contribution is -0.155. The van der Waals surface area contributed by atoms with E-state index in [-0.39, 0.29) is 19.5 Å². The van der Waals surface area contributed by atoms with Crippen molar-refractivity contribution >= 4 is 17.9 Å². The molecule has 1 heterocycles. The molecule has 2 atom stereocenters. The molecule has 8 heteroatoms. The van der Waals surface area contributed by atoms with Crippen LogP contribution < -0.4 is 5.73 Å². The van der Waals surface area contributed by atoms with E-state index in [4.69, 9.17) is 21.1 Å². The summed E-state index contributed by atoms with van der Waals surface area (Å²) in [5.41, 5.74) is 3.29. The Balaban J connectivity index is 2.81. The standard InChI is InChI=1S/C8H12N2O6/c9-2-4(1-5(11)12)10-3-8(10,6(13)14)7(15)16/h4H,1-3,9H2,(H,11,12)(H,13,14)(H,15,16). The van der Waals surface area contributed by atoms with Crippen LogP contribution >= 0.6 is 0 Å². The fourth-order valence-electron chi connectivity index (χ4n) is 1.65. The van der Waals surface area contributed by atoms with Crippen LogP contribution in [0.5, 0.6) is 0 Å². The maximum atomic E-state index is 10.8. The Morgan fingerprint density at radius 2 is 1.75 bits per heavy atom.